The summed E-state index contributed by atoms with van der Waals surface area (Å²) in [5.41, 5.74) is 1.32. The number of amides is 1. The van der Waals surface area contributed by atoms with Crippen LogP contribution in [-0.2, 0) is 11.3 Å². The van der Waals surface area contributed by atoms with Crippen LogP contribution in [0.15, 0.2) is 24.3 Å². The molecule has 4 heteroatoms. The Balaban J connectivity index is 2.46. The van der Waals surface area contributed by atoms with Gasteiger partial charge in [0.15, 0.2) is 0 Å². The minimum absolute atomic E-state index is 0.109. The molecule has 68 valence electrons. The van der Waals surface area contributed by atoms with Gasteiger partial charge in [-0.2, -0.15) is 0 Å². The standard InChI is InChI=1S/C9H9N2O2/c12-9-6-10-5-7-3-1-2-4-8(7)11(9)13/h1-4,10H,5-6H2/q-1. The molecule has 0 fully saturated rings. The normalized spacial score (nSPS) is 16.7. The second-order valence-corrected chi connectivity index (χ2v) is 2.92. The zero-order valence-electron chi connectivity index (χ0n) is 6.99. The zero-order valence-corrected chi connectivity index (χ0v) is 6.99. The fraction of sp³-hybridized carbons (Fsp3) is 0.222. The number of fused-ring (bicyclic) bond motifs is 1. The van der Waals surface area contributed by atoms with E-state index in [1.807, 2.05) is 12.1 Å². The Morgan fingerprint density at radius 1 is 1.31 bits per heavy atom. The quantitative estimate of drug-likeness (QED) is 0.632. The number of nitrogens with one attached hydrogen (secondary N) is 1. The molecular weight excluding hydrogens is 168 g/mol. The first-order chi connectivity index (χ1) is 6.29. The highest BCUT2D eigenvalue weighted by atomic mass is 16.5. The zero-order chi connectivity index (χ0) is 9.26. The van der Waals surface area contributed by atoms with Crippen LogP contribution in [0.2, 0.25) is 0 Å². The molecule has 1 amide bonds. The third-order valence-electron chi connectivity index (χ3n) is 2.03. The van der Waals surface area contributed by atoms with Crippen molar-refractivity contribution in [2.45, 2.75) is 6.54 Å². The largest absolute Gasteiger partial charge is 0.752 e. The van der Waals surface area contributed by atoms with Crippen LogP contribution in [0.4, 0.5) is 5.69 Å². The van der Waals surface area contributed by atoms with E-state index in [2.05, 4.69) is 5.32 Å². The molecule has 0 unspecified atom stereocenters. The summed E-state index contributed by atoms with van der Waals surface area (Å²) in [5.74, 6) is -0.440. The summed E-state index contributed by atoms with van der Waals surface area (Å²) in [6, 6.07) is 7.10. The lowest BCUT2D eigenvalue weighted by atomic mass is 10.2. The van der Waals surface area contributed by atoms with Crippen molar-refractivity contribution in [2.24, 2.45) is 0 Å². The van der Waals surface area contributed by atoms with Crippen molar-refractivity contribution in [3.63, 3.8) is 0 Å². The predicted molar refractivity (Wildman–Crippen MR) is 49.0 cm³/mol. The molecule has 0 spiro atoms. The van der Waals surface area contributed by atoms with E-state index >= 15 is 0 Å². The van der Waals surface area contributed by atoms with Gasteiger partial charge in [-0.3, -0.25) is 4.79 Å². The molecule has 0 saturated carbocycles. The van der Waals surface area contributed by atoms with Crippen molar-refractivity contribution >= 4 is 11.6 Å². The maximum absolute atomic E-state index is 11.4. The number of hydrogen-bond acceptors (Lipinski definition) is 3. The second-order valence-electron chi connectivity index (χ2n) is 2.92. The van der Waals surface area contributed by atoms with Crippen LogP contribution >= 0.6 is 0 Å². The summed E-state index contributed by atoms with van der Waals surface area (Å²) in [6.45, 7) is 0.679. The van der Waals surface area contributed by atoms with Gasteiger partial charge in [0, 0.05) is 12.2 Å². The average Bonchev–Trinajstić information content (AvgIpc) is 2.29. The van der Waals surface area contributed by atoms with Gasteiger partial charge in [-0.1, -0.05) is 18.2 Å². The highest BCUT2D eigenvalue weighted by Gasteiger charge is 2.13. The SMILES string of the molecule is O=C1CNCc2ccccc2N1[O-]. The number of hydroxylamine groups is 1. The molecule has 0 aliphatic carbocycles. The summed E-state index contributed by atoms with van der Waals surface area (Å²) >= 11 is 0. The molecule has 13 heavy (non-hydrogen) atoms. The third kappa shape index (κ3) is 1.41. The Morgan fingerprint density at radius 3 is 2.92 bits per heavy atom. The minimum Gasteiger partial charge on any atom is -0.752 e. The number of anilines is 1. The van der Waals surface area contributed by atoms with E-state index in [0.717, 1.165) is 5.56 Å². The number of benzene rings is 1. The van der Waals surface area contributed by atoms with Gasteiger partial charge in [0.05, 0.1) is 6.54 Å². The van der Waals surface area contributed by atoms with Crippen LogP contribution < -0.4 is 10.4 Å². The van der Waals surface area contributed by atoms with E-state index < -0.39 is 5.91 Å². The molecule has 0 bridgehead atoms. The van der Waals surface area contributed by atoms with Gasteiger partial charge in [-0.05, 0) is 11.6 Å². The molecule has 0 atom stereocenters. The Bertz CT molecular complexity index is 338. The molecular formula is C9H9N2O2-. The van der Waals surface area contributed by atoms with E-state index in [1.54, 1.807) is 12.1 Å². The van der Waals surface area contributed by atoms with Gasteiger partial charge >= 0.3 is 0 Å². The predicted octanol–water partition coefficient (Wildman–Crippen LogP) is 0.621. The van der Waals surface area contributed by atoms with Crippen LogP contribution in [0.3, 0.4) is 0 Å². The lowest BCUT2D eigenvalue weighted by molar-refractivity contribution is -0.117. The molecule has 1 aromatic rings. The molecule has 1 aliphatic heterocycles. The van der Waals surface area contributed by atoms with Crippen molar-refractivity contribution in [3.8, 4) is 0 Å². The summed E-state index contributed by atoms with van der Waals surface area (Å²) in [4.78, 5) is 11.1. The first-order valence-electron chi connectivity index (χ1n) is 4.08. The molecule has 0 radical (unpaired) electrons. The molecule has 0 saturated heterocycles. The summed E-state index contributed by atoms with van der Waals surface area (Å²) < 4.78 is 0. The van der Waals surface area contributed by atoms with Gasteiger partial charge in [-0.15, -0.1) is 0 Å². The number of carbonyl (C=O) groups is 1. The Morgan fingerprint density at radius 2 is 2.08 bits per heavy atom. The maximum atomic E-state index is 11.4. The van der Waals surface area contributed by atoms with E-state index in [4.69, 9.17) is 0 Å². The van der Waals surface area contributed by atoms with Crippen LogP contribution in [0.1, 0.15) is 5.56 Å². The lowest BCUT2D eigenvalue weighted by Crippen LogP contribution is -2.30. The van der Waals surface area contributed by atoms with Crippen LogP contribution in [0.5, 0.6) is 0 Å². The lowest BCUT2D eigenvalue weighted by Gasteiger charge is -2.27. The molecule has 0 aromatic heterocycles. The van der Waals surface area contributed by atoms with Gasteiger partial charge in [0.2, 0.25) is 5.91 Å². The summed E-state index contributed by atoms with van der Waals surface area (Å²) in [6.07, 6.45) is 0. The van der Waals surface area contributed by atoms with Crippen molar-refractivity contribution in [1.29, 1.82) is 0 Å². The first-order valence-corrected chi connectivity index (χ1v) is 4.08. The van der Waals surface area contributed by atoms with Crippen LogP contribution in [0.25, 0.3) is 0 Å². The van der Waals surface area contributed by atoms with Crippen molar-refractivity contribution < 1.29 is 4.79 Å². The molecule has 1 aromatic carbocycles. The van der Waals surface area contributed by atoms with E-state index in [1.165, 1.54) is 0 Å². The monoisotopic (exact) mass is 177 g/mol. The number of hydrogen-bond donors (Lipinski definition) is 1. The molecule has 1 N–H and O–H groups in total. The number of rotatable bonds is 0. The highest BCUT2D eigenvalue weighted by molar-refractivity contribution is 5.96. The minimum atomic E-state index is -0.440. The number of para-hydroxylation sites is 1. The van der Waals surface area contributed by atoms with Crippen molar-refractivity contribution in [3.05, 3.63) is 35.0 Å². The van der Waals surface area contributed by atoms with Crippen molar-refractivity contribution in [1.82, 2.24) is 5.32 Å². The summed E-state index contributed by atoms with van der Waals surface area (Å²) in [5, 5.41) is 14.7. The van der Waals surface area contributed by atoms with Crippen LogP contribution in [-0.4, -0.2) is 12.5 Å². The number of nitrogens with zero attached hydrogens (tertiary/aromatic N) is 1. The van der Waals surface area contributed by atoms with Crippen LogP contribution in [0, 0.1) is 5.21 Å². The highest BCUT2D eigenvalue weighted by Crippen LogP contribution is 2.21. The fourth-order valence-corrected chi connectivity index (χ4v) is 1.37. The van der Waals surface area contributed by atoms with Crippen molar-refractivity contribution in [2.75, 3.05) is 11.6 Å². The smallest absolute Gasteiger partial charge is 0.230 e. The average molecular weight is 177 g/mol. The van der Waals surface area contributed by atoms with Gasteiger partial charge < -0.3 is 15.6 Å². The topological polar surface area (TPSA) is 55.4 Å². The second kappa shape index (κ2) is 3.16. The van der Waals surface area contributed by atoms with E-state index in [0.29, 0.717) is 17.3 Å². The Labute approximate surface area is 75.7 Å². The fourth-order valence-electron chi connectivity index (χ4n) is 1.37. The molecule has 1 aliphatic rings. The van der Waals surface area contributed by atoms with E-state index in [-0.39, 0.29) is 6.54 Å². The van der Waals surface area contributed by atoms with E-state index in [9.17, 15) is 10.0 Å². The Kier molecular flexibility index (Phi) is 2.00. The number of carbonyl (C=O) groups excluding carboxylic acids is 1. The summed E-state index contributed by atoms with van der Waals surface area (Å²) in [7, 11) is 0. The molecule has 1 heterocycles. The van der Waals surface area contributed by atoms with Gasteiger partial charge in [0.1, 0.15) is 0 Å². The maximum Gasteiger partial charge on any atom is 0.230 e. The molecule has 4 nitrogen and oxygen atoms in total. The van der Waals surface area contributed by atoms with Gasteiger partial charge in [0.25, 0.3) is 0 Å². The third-order valence-corrected chi connectivity index (χ3v) is 2.03. The molecule has 2 rings (SSSR count). The first kappa shape index (κ1) is 8.22. The Hall–Kier alpha value is -1.39. The van der Waals surface area contributed by atoms with Gasteiger partial charge in [-0.25, -0.2) is 0 Å².